The van der Waals surface area contributed by atoms with Crippen molar-refractivity contribution in [3.8, 4) is 12.3 Å². The third-order valence-corrected chi connectivity index (χ3v) is 4.80. The Bertz CT molecular complexity index is 615. The quantitative estimate of drug-likeness (QED) is 0.623. The highest BCUT2D eigenvalue weighted by atomic mass is 32.2. The molecule has 20 heavy (non-hydrogen) atoms. The standard InChI is InChI=1S/C15H22N2O2S/c1-5-11-9-14(16)13(8-4)15(10-11)20(18,19)17-12(6-2)7-3/h2,9-10,12,17H,5,7-8,16H2,1,3-4H3. The number of rotatable bonds is 6. The van der Waals surface area contributed by atoms with Crippen molar-refractivity contribution in [3.05, 3.63) is 23.3 Å². The van der Waals surface area contributed by atoms with E-state index < -0.39 is 16.1 Å². The summed E-state index contributed by atoms with van der Waals surface area (Å²) < 4.78 is 27.5. The zero-order valence-electron chi connectivity index (χ0n) is 12.2. The Morgan fingerprint density at radius 3 is 2.40 bits per heavy atom. The third kappa shape index (κ3) is 3.53. The van der Waals surface area contributed by atoms with Crippen LogP contribution in [0.2, 0.25) is 0 Å². The second-order valence-electron chi connectivity index (χ2n) is 4.62. The molecular weight excluding hydrogens is 272 g/mol. The molecular formula is C15H22N2O2S. The predicted molar refractivity (Wildman–Crippen MR) is 82.8 cm³/mol. The average molecular weight is 294 g/mol. The van der Waals surface area contributed by atoms with Gasteiger partial charge in [-0.15, -0.1) is 6.42 Å². The van der Waals surface area contributed by atoms with Crippen LogP contribution in [0.25, 0.3) is 0 Å². The molecule has 0 amide bonds. The van der Waals surface area contributed by atoms with Gasteiger partial charge in [0.15, 0.2) is 0 Å². The Kier molecular flexibility index (Phi) is 5.61. The maximum absolute atomic E-state index is 12.5. The molecule has 1 rings (SSSR count). The molecule has 0 aliphatic carbocycles. The van der Waals surface area contributed by atoms with E-state index in [2.05, 4.69) is 10.6 Å². The van der Waals surface area contributed by atoms with Gasteiger partial charge in [-0.05, 0) is 42.5 Å². The van der Waals surface area contributed by atoms with Crippen LogP contribution in [0.4, 0.5) is 5.69 Å². The van der Waals surface area contributed by atoms with Gasteiger partial charge < -0.3 is 5.73 Å². The van der Waals surface area contributed by atoms with Crippen molar-refractivity contribution in [1.82, 2.24) is 4.72 Å². The van der Waals surface area contributed by atoms with Crippen LogP contribution in [0.15, 0.2) is 17.0 Å². The number of sulfonamides is 1. The Balaban J connectivity index is 3.37. The fourth-order valence-electron chi connectivity index (χ4n) is 2.03. The number of hydrogen-bond acceptors (Lipinski definition) is 3. The molecule has 0 aliphatic heterocycles. The van der Waals surface area contributed by atoms with Gasteiger partial charge >= 0.3 is 0 Å². The first-order valence-corrected chi connectivity index (χ1v) is 8.27. The van der Waals surface area contributed by atoms with Gasteiger partial charge in [0, 0.05) is 5.69 Å². The van der Waals surface area contributed by atoms with Gasteiger partial charge in [0.25, 0.3) is 0 Å². The number of anilines is 1. The van der Waals surface area contributed by atoms with Crippen molar-refractivity contribution < 1.29 is 8.42 Å². The van der Waals surface area contributed by atoms with Crippen LogP contribution in [0, 0.1) is 12.3 Å². The molecule has 0 saturated heterocycles. The number of benzene rings is 1. The highest BCUT2D eigenvalue weighted by Gasteiger charge is 2.22. The van der Waals surface area contributed by atoms with Gasteiger partial charge in [-0.1, -0.05) is 26.7 Å². The molecule has 0 aliphatic rings. The minimum Gasteiger partial charge on any atom is -0.398 e. The summed E-state index contributed by atoms with van der Waals surface area (Å²) in [4.78, 5) is 0.241. The fraction of sp³-hybridized carbons (Fsp3) is 0.467. The predicted octanol–water partition coefficient (Wildman–Crippen LogP) is 2.08. The summed E-state index contributed by atoms with van der Waals surface area (Å²) in [6, 6.07) is 3.01. The largest absolute Gasteiger partial charge is 0.398 e. The van der Waals surface area contributed by atoms with Crippen LogP contribution in [-0.4, -0.2) is 14.5 Å². The lowest BCUT2D eigenvalue weighted by molar-refractivity contribution is 0.569. The minimum atomic E-state index is -3.65. The lowest BCUT2D eigenvalue weighted by atomic mass is 10.1. The molecule has 0 spiro atoms. The van der Waals surface area contributed by atoms with Gasteiger partial charge in [0.1, 0.15) is 0 Å². The van der Waals surface area contributed by atoms with E-state index in [1.54, 1.807) is 6.07 Å². The van der Waals surface area contributed by atoms with Crippen LogP contribution in [0.5, 0.6) is 0 Å². The third-order valence-electron chi connectivity index (χ3n) is 3.26. The van der Waals surface area contributed by atoms with E-state index in [0.717, 1.165) is 12.0 Å². The summed E-state index contributed by atoms with van der Waals surface area (Å²) >= 11 is 0. The number of nitrogen functional groups attached to an aromatic ring is 1. The monoisotopic (exact) mass is 294 g/mol. The summed E-state index contributed by atoms with van der Waals surface area (Å²) in [7, 11) is -3.65. The first kappa shape index (κ1) is 16.5. The van der Waals surface area contributed by atoms with Gasteiger partial charge in [-0.2, -0.15) is 4.72 Å². The molecule has 0 aromatic heterocycles. The van der Waals surface area contributed by atoms with Crippen molar-refractivity contribution >= 4 is 15.7 Å². The minimum absolute atomic E-state index is 0.241. The smallest absolute Gasteiger partial charge is 0.242 e. The normalized spacial score (nSPS) is 12.9. The Morgan fingerprint density at radius 2 is 1.95 bits per heavy atom. The molecule has 1 aromatic rings. The van der Waals surface area contributed by atoms with Crippen molar-refractivity contribution in [1.29, 1.82) is 0 Å². The Labute approximate surface area is 121 Å². The number of hydrogen-bond donors (Lipinski definition) is 2. The molecule has 3 N–H and O–H groups in total. The maximum Gasteiger partial charge on any atom is 0.242 e. The summed E-state index contributed by atoms with van der Waals surface area (Å²) in [5.74, 6) is 2.44. The molecule has 1 aromatic carbocycles. The summed E-state index contributed by atoms with van der Waals surface area (Å²) in [6.45, 7) is 5.68. The van der Waals surface area contributed by atoms with Crippen molar-refractivity contribution in [2.75, 3.05) is 5.73 Å². The first-order valence-electron chi connectivity index (χ1n) is 6.79. The van der Waals surface area contributed by atoms with E-state index >= 15 is 0 Å². The number of nitrogens with one attached hydrogen (secondary N) is 1. The van der Waals surface area contributed by atoms with E-state index in [4.69, 9.17) is 12.2 Å². The van der Waals surface area contributed by atoms with Gasteiger partial charge in [0.05, 0.1) is 10.9 Å². The lowest BCUT2D eigenvalue weighted by Gasteiger charge is -2.16. The Morgan fingerprint density at radius 1 is 1.30 bits per heavy atom. The Hall–Kier alpha value is -1.51. The van der Waals surface area contributed by atoms with Crippen molar-refractivity contribution in [2.45, 2.75) is 51.0 Å². The van der Waals surface area contributed by atoms with Gasteiger partial charge in [-0.25, -0.2) is 8.42 Å². The van der Waals surface area contributed by atoms with Gasteiger partial charge in [-0.3, -0.25) is 0 Å². The zero-order chi connectivity index (χ0) is 15.3. The average Bonchev–Trinajstić information content (AvgIpc) is 2.43. The molecule has 0 bridgehead atoms. The van der Waals surface area contributed by atoms with Crippen LogP contribution in [0.1, 0.15) is 38.3 Å². The topological polar surface area (TPSA) is 72.2 Å². The molecule has 0 saturated carbocycles. The van der Waals surface area contributed by atoms with E-state index in [0.29, 0.717) is 24.1 Å². The highest BCUT2D eigenvalue weighted by molar-refractivity contribution is 7.89. The SMILES string of the molecule is C#CC(CC)NS(=O)(=O)c1cc(CC)cc(N)c1CC. The molecule has 5 heteroatoms. The molecule has 0 fully saturated rings. The highest BCUT2D eigenvalue weighted by Crippen LogP contribution is 2.25. The molecule has 0 radical (unpaired) electrons. The molecule has 1 atom stereocenters. The van der Waals surface area contributed by atoms with E-state index in [-0.39, 0.29) is 4.90 Å². The molecule has 4 nitrogen and oxygen atoms in total. The second-order valence-corrected chi connectivity index (χ2v) is 6.30. The number of aryl methyl sites for hydroxylation is 1. The number of nitrogens with two attached hydrogens (primary N) is 1. The second kappa shape index (κ2) is 6.78. The lowest BCUT2D eigenvalue weighted by Crippen LogP contribution is -2.34. The van der Waals surface area contributed by atoms with Gasteiger partial charge in [0.2, 0.25) is 10.0 Å². The maximum atomic E-state index is 12.5. The summed E-state index contributed by atoms with van der Waals surface area (Å²) in [5, 5.41) is 0. The zero-order valence-corrected chi connectivity index (χ0v) is 13.0. The van der Waals surface area contributed by atoms with Crippen LogP contribution >= 0.6 is 0 Å². The molecule has 0 heterocycles. The summed E-state index contributed by atoms with van der Waals surface area (Å²) in [5.41, 5.74) is 8.02. The first-order chi connectivity index (χ1) is 9.39. The van der Waals surface area contributed by atoms with Crippen LogP contribution in [-0.2, 0) is 22.9 Å². The van der Waals surface area contributed by atoms with Crippen molar-refractivity contribution in [2.24, 2.45) is 0 Å². The van der Waals surface area contributed by atoms with Crippen molar-refractivity contribution in [3.63, 3.8) is 0 Å². The molecule has 110 valence electrons. The van der Waals surface area contributed by atoms with E-state index in [9.17, 15) is 8.42 Å². The fourth-order valence-corrected chi connectivity index (χ4v) is 3.66. The molecule has 1 unspecified atom stereocenters. The summed E-state index contributed by atoms with van der Waals surface area (Å²) in [6.07, 6.45) is 7.14. The van der Waals surface area contributed by atoms with E-state index in [1.807, 2.05) is 26.8 Å². The van der Waals surface area contributed by atoms with Crippen LogP contribution < -0.4 is 10.5 Å². The number of terminal acetylenes is 1. The van der Waals surface area contributed by atoms with Crippen LogP contribution in [0.3, 0.4) is 0 Å². The van der Waals surface area contributed by atoms with E-state index in [1.165, 1.54) is 0 Å².